The summed E-state index contributed by atoms with van der Waals surface area (Å²) in [5.41, 5.74) is 0. The molecule has 0 spiro atoms. The van der Waals surface area contributed by atoms with Gasteiger partial charge >= 0.3 is 0 Å². The maximum absolute atomic E-state index is 11.2. The van der Waals surface area contributed by atoms with Crippen molar-refractivity contribution in [3.8, 4) is 0 Å². The number of ketones is 1. The molecule has 0 unspecified atom stereocenters. The summed E-state index contributed by atoms with van der Waals surface area (Å²) in [5, 5.41) is 8.51. The molecule has 1 rings (SSSR count). The minimum atomic E-state index is 0.288. The van der Waals surface area contributed by atoms with E-state index in [1.807, 2.05) is 0 Å². The summed E-state index contributed by atoms with van der Waals surface area (Å²) in [7, 11) is 0. The number of aliphatic hydroxyl groups excluding tert-OH is 1. The van der Waals surface area contributed by atoms with Crippen LogP contribution in [0.4, 0.5) is 0 Å². The van der Waals surface area contributed by atoms with E-state index in [-0.39, 0.29) is 6.61 Å². The summed E-state index contributed by atoms with van der Waals surface area (Å²) in [6, 6.07) is 0. The molecule has 0 atom stereocenters. The second-order valence-electron chi connectivity index (χ2n) is 3.63. The highest BCUT2D eigenvalue weighted by molar-refractivity contribution is 5.82. The van der Waals surface area contributed by atoms with Crippen molar-refractivity contribution in [3.63, 3.8) is 0 Å². The Balaban J connectivity index is 1.84. The third-order valence-corrected chi connectivity index (χ3v) is 2.36. The molecule has 1 aliphatic carbocycles. The quantitative estimate of drug-likeness (QED) is 0.592. The van der Waals surface area contributed by atoms with E-state index in [1.165, 1.54) is 0 Å². The molecule has 0 saturated heterocycles. The molecule has 1 saturated carbocycles. The molecule has 2 heteroatoms. The van der Waals surface area contributed by atoms with Gasteiger partial charge in [0.2, 0.25) is 0 Å². The van der Waals surface area contributed by atoms with Crippen LogP contribution in [0.15, 0.2) is 0 Å². The Bertz CT molecular complexity index is 139. The van der Waals surface area contributed by atoms with Gasteiger partial charge in [-0.15, -0.1) is 0 Å². The van der Waals surface area contributed by atoms with Gasteiger partial charge in [-0.1, -0.05) is 12.8 Å². The Morgan fingerprint density at radius 2 is 1.83 bits per heavy atom. The minimum Gasteiger partial charge on any atom is -0.396 e. The Morgan fingerprint density at radius 3 is 2.42 bits per heavy atom. The first-order chi connectivity index (χ1) is 5.84. The highest BCUT2D eigenvalue weighted by Gasteiger charge is 2.28. The van der Waals surface area contributed by atoms with Crippen LogP contribution in [0.25, 0.3) is 0 Å². The fraction of sp³-hybridized carbons (Fsp3) is 0.900. The van der Waals surface area contributed by atoms with Gasteiger partial charge < -0.3 is 5.11 Å². The van der Waals surface area contributed by atoms with Crippen molar-refractivity contribution in [1.82, 2.24) is 0 Å². The number of carbonyl (C=O) groups excluding carboxylic acids is 1. The lowest BCUT2D eigenvalue weighted by atomic mass is 10.1. The van der Waals surface area contributed by atoms with E-state index in [0.29, 0.717) is 11.7 Å². The van der Waals surface area contributed by atoms with Gasteiger partial charge in [-0.05, 0) is 25.7 Å². The van der Waals surface area contributed by atoms with E-state index in [9.17, 15) is 4.79 Å². The van der Waals surface area contributed by atoms with Crippen molar-refractivity contribution in [2.45, 2.75) is 44.9 Å². The van der Waals surface area contributed by atoms with Gasteiger partial charge in [0.05, 0.1) is 0 Å². The van der Waals surface area contributed by atoms with Crippen LogP contribution in [0.3, 0.4) is 0 Å². The summed E-state index contributed by atoms with van der Waals surface area (Å²) in [5.74, 6) is 0.904. The van der Waals surface area contributed by atoms with Gasteiger partial charge in [0.15, 0.2) is 0 Å². The molecule has 70 valence electrons. The third-order valence-electron chi connectivity index (χ3n) is 2.36. The zero-order chi connectivity index (χ0) is 8.81. The molecule has 0 amide bonds. The second kappa shape index (κ2) is 5.31. The maximum atomic E-state index is 11.2. The second-order valence-corrected chi connectivity index (χ2v) is 3.63. The Hall–Kier alpha value is -0.370. The van der Waals surface area contributed by atoms with Crippen molar-refractivity contribution >= 4 is 5.78 Å². The largest absolute Gasteiger partial charge is 0.396 e. The molecular weight excluding hydrogens is 152 g/mol. The van der Waals surface area contributed by atoms with Crippen LogP contribution in [-0.2, 0) is 4.79 Å². The topological polar surface area (TPSA) is 37.3 Å². The van der Waals surface area contributed by atoms with Gasteiger partial charge in [0, 0.05) is 18.9 Å². The van der Waals surface area contributed by atoms with Gasteiger partial charge in [-0.25, -0.2) is 0 Å². The lowest BCUT2D eigenvalue weighted by molar-refractivity contribution is -0.120. The number of carbonyl (C=O) groups is 1. The molecule has 1 aliphatic rings. The van der Waals surface area contributed by atoms with Gasteiger partial charge in [0.25, 0.3) is 0 Å². The van der Waals surface area contributed by atoms with E-state index in [0.717, 1.165) is 44.9 Å². The van der Waals surface area contributed by atoms with E-state index < -0.39 is 0 Å². The first-order valence-corrected chi connectivity index (χ1v) is 4.98. The minimum absolute atomic E-state index is 0.288. The molecule has 12 heavy (non-hydrogen) atoms. The summed E-state index contributed by atoms with van der Waals surface area (Å²) in [4.78, 5) is 11.2. The lowest BCUT2D eigenvalue weighted by Gasteiger charge is -1.98. The predicted octanol–water partition coefficient (Wildman–Crippen LogP) is 1.91. The van der Waals surface area contributed by atoms with E-state index in [4.69, 9.17) is 5.11 Å². The van der Waals surface area contributed by atoms with E-state index in [2.05, 4.69) is 0 Å². The van der Waals surface area contributed by atoms with Gasteiger partial charge in [0.1, 0.15) is 5.78 Å². The standard InChI is InChI=1S/C10H18O2/c11-8-4-2-1-3-5-10(12)9-6-7-9/h9,11H,1-8H2. The van der Waals surface area contributed by atoms with Crippen molar-refractivity contribution < 1.29 is 9.90 Å². The molecule has 1 N–H and O–H groups in total. The molecular formula is C10H18O2. The van der Waals surface area contributed by atoms with Crippen molar-refractivity contribution in [3.05, 3.63) is 0 Å². The molecule has 1 fully saturated rings. The van der Waals surface area contributed by atoms with Crippen LogP contribution >= 0.6 is 0 Å². The molecule has 0 aromatic carbocycles. The summed E-state index contributed by atoms with van der Waals surface area (Å²) in [6.45, 7) is 0.288. The number of Topliss-reactive ketones (excluding diaryl/α,β-unsaturated/α-hetero) is 1. The molecule has 0 heterocycles. The zero-order valence-electron chi connectivity index (χ0n) is 7.59. The fourth-order valence-electron chi connectivity index (χ4n) is 1.37. The van der Waals surface area contributed by atoms with Crippen LogP contribution in [0.2, 0.25) is 0 Å². The normalized spacial score (nSPS) is 16.4. The average molecular weight is 170 g/mol. The summed E-state index contributed by atoms with van der Waals surface area (Å²) in [6.07, 6.45) is 7.11. The monoisotopic (exact) mass is 170 g/mol. The first kappa shape index (κ1) is 9.72. The predicted molar refractivity (Wildman–Crippen MR) is 47.9 cm³/mol. The van der Waals surface area contributed by atoms with Crippen LogP contribution in [0.5, 0.6) is 0 Å². The maximum Gasteiger partial charge on any atom is 0.135 e. The Kier molecular flexibility index (Phi) is 4.30. The van der Waals surface area contributed by atoms with Crippen LogP contribution < -0.4 is 0 Å². The molecule has 0 radical (unpaired) electrons. The fourth-order valence-corrected chi connectivity index (χ4v) is 1.37. The van der Waals surface area contributed by atoms with Gasteiger partial charge in [-0.3, -0.25) is 4.79 Å². The number of hydrogen-bond acceptors (Lipinski definition) is 2. The molecule has 0 aromatic heterocycles. The molecule has 0 aliphatic heterocycles. The first-order valence-electron chi connectivity index (χ1n) is 4.98. The van der Waals surface area contributed by atoms with Crippen molar-refractivity contribution in [2.24, 2.45) is 5.92 Å². The Labute approximate surface area is 74.0 Å². The summed E-state index contributed by atoms with van der Waals surface area (Å²) >= 11 is 0. The van der Waals surface area contributed by atoms with E-state index >= 15 is 0 Å². The average Bonchev–Trinajstić information content (AvgIpc) is 2.86. The lowest BCUT2D eigenvalue weighted by Crippen LogP contribution is -1.99. The molecule has 0 aromatic rings. The van der Waals surface area contributed by atoms with Gasteiger partial charge in [-0.2, -0.15) is 0 Å². The number of rotatable bonds is 7. The molecule has 0 bridgehead atoms. The molecule has 2 nitrogen and oxygen atoms in total. The van der Waals surface area contributed by atoms with Crippen LogP contribution in [0, 0.1) is 5.92 Å². The highest BCUT2D eigenvalue weighted by Crippen LogP contribution is 2.31. The highest BCUT2D eigenvalue weighted by atomic mass is 16.2. The Morgan fingerprint density at radius 1 is 1.17 bits per heavy atom. The van der Waals surface area contributed by atoms with Crippen LogP contribution in [0.1, 0.15) is 44.9 Å². The number of unbranched alkanes of at least 4 members (excludes halogenated alkanes) is 3. The van der Waals surface area contributed by atoms with Crippen molar-refractivity contribution in [1.29, 1.82) is 0 Å². The number of aliphatic hydroxyl groups is 1. The summed E-state index contributed by atoms with van der Waals surface area (Å²) < 4.78 is 0. The third kappa shape index (κ3) is 3.86. The SMILES string of the molecule is O=C(CCCCCCO)C1CC1. The smallest absolute Gasteiger partial charge is 0.135 e. The van der Waals surface area contributed by atoms with Crippen LogP contribution in [-0.4, -0.2) is 17.5 Å². The van der Waals surface area contributed by atoms with E-state index in [1.54, 1.807) is 0 Å². The zero-order valence-corrected chi connectivity index (χ0v) is 7.59. The number of hydrogen-bond donors (Lipinski definition) is 1. The van der Waals surface area contributed by atoms with Crippen molar-refractivity contribution in [2.75, 3.05) is 6.61 Å².